The van der Waals surface area contributed by atoms with E-state index in [1.807, 2.05) is 38.1 Å². The molecule has 0 fully saturated rings. The molecule has 0 saturated carbocycles. The maximum atomic E-state index is 12.4. The number of thioether (sulfide) groups is 1. The van der Waals surface area contributed by atoms with Crippen molar-refractivity contribution in [1.29, 1.82) is 0 Å². The molecule has 0 aliphatic rings. The van der Waals surface area contributed by atoms with E-state index < -0.39 is 0 Å². The summed E-state index contributed by atoms with van der Waals surface area (Å²) in [6.45, 7) is 3.82. The van der Waals surface area contributed by atoms with Crippen molar-refractivity contribution >= 4 is 35.0 Å². The molecule has 0 bridgehead atoms. The van der Waals surface area contributed by atoms with Crippen molar-refractivity contribution in [1.82, 2.24) is 0 Å². The van der Waals surface area contributed by atoms with Gasteiger partial charge in [0.15, 0.2) is 0 Å². The van der Waals surface area contributed by atoms with Crippen molar-refractivity contribution in [2.75, 3.05) is 17.7 Å². The van der Waals surface area contributed by atoms with Gasteiger partial charge in [-0.1, -0.05) is 13.0 Å². The van der Waals surface area contributed by atoms with Crippen LogP contribution in [0.1, 0.15) is 26.7 Å². The van der Waals surface area contributed by atoms with Crippen LogP contribution in [0.2, 0.25) is 0 Å². The van der Waals surface area contributed by atoms with E-state index in [0.717, 1.165) is 28.4 Å². The lowest BCUT2D eigenvalue weighted by molar-refractivity contribution is -0.116. The summed E-state index contributed by atoms with van der Waals surface area (Å²) in [5.41, 5.74) is 1.47. The normalized spacial score (nSPS) is 11.5. The van der Waals surface area contributed by atoms with Gasteiger partial charge in [0.2, 0.25) is 11.8 Å². The highest BCUT2D eigenvalue weighted by Gasteiger charge is 2.15. The lowest BCUT2D eigenvalue weighted by atomic mass is 10.3. The quantitative estimate of drug-likeness (QED) is 0.667. The number of carbonyl (C=O) groups is 2. The lowest BCUT2D eigenvalue weighted by Gasteiger charge is -2.13. The van der Waals surface area contributed by atoms with Crippen molar-refractivity contribution < 1.29 is 14.3 Å². The molecule has 1 atom stereocenters. The molecule has 0 aliphatic heterocycles. The maximum absolute atomic E-state index is 12.4. The molecular weight excluding hydrogens is 348 g/mol. The van der Waals surface area contributed by atoms with Crippen molar-refractivity contribution in [3.8, 4) is 5.75 Å². The van der Waals surface area contributed by atoms with Gasteiger partial charge < -0.3 is 15.4 Å². The Morgan fingerprint density at radius 2 is 1.81 bits per heavy atom. The molecule has 0 saturated heterocycles. The van der Waals surface area contributed by atoms with Gasteiger partial charge in [-0.05, 0) is 55.8 Å². The van der Waals surface area contributed by atoms with Crippen molar-refractivity contribution in [3.63, 3.8) is 0 Å². The largest absolute Gasteiger partial charge is 0.497 e. The molecule has 5 nitrogen and oxygen atoms in total. The molecule has 2 aromatic carbocycles. The first-order chi connectivity index (χ1) is 12.5. The fourth-order valence-corrected chi connectivity index (χ4v) is 3.20. The molecule has 0 heterocycles. The van der Waals surface area contributed by atoms with Gasteiger partial charge in [0.25, 0.3) is 0 Å². The van der Waals surface area contributed by atoms with Crippen LogP contribution < -0.4 is 15.4 Å². The van der Waals surface area contributed by atoms with Gasteiger partial charge >= 0.3 is 0 Å². The molecule has 6 heteroatoms. The SMILES string of the molecule is CCCC(=O)Nc1cccc(SC(C)C(=O)Nc2ccc(OC)cc2)c1. The van der Waals surface area contributed by atoms with Crippen LogP contribution >= 0.6 is 11.8 Å². The highest BCUT2D eigenvalue weighted by atomic mass is 32.2. The van der Waals surface area contributed by atoms with Crippen molar-refractivity contribution in [2.24, 2.45) is 0 Å². The Hall–Kier alpha value is -2.47. The Labute approximate surface area is 158 Å². The Morgan fingerprint density at radius 1 is 1.08 bits per heavy atom. The summed E-state index contributed by atoms with van der Waals surface area (Å²) in [5.74, 6) is 0.660. The zero-order chi connectivity index (χ0) is 18.9. The predicted molar refractivity (Wildman–Crippen MR) is 107 cm³/mol. The highest BCUT2D eigenvalue weighted by molar-refractivity contribution is 8.00. The highest BCUT2D eigenvalue weighted by Crippen LogP contribution is 2.27. The summed E-state index contributed by atoms with van der Waals surface area (Å²) in [6, 6.07) is 14.7. The average molecular weight is 372 g/mol. The minimum atomic E-state index is -0.279. The van der Waals surface area contributed by atoms with Gasteiger partial charge in [-0.15, -0.1) is 11.8 Å². The number of rotatable bonds is 8. The monoisotopic (exact) mass is 372 g/mol. The van der Waals surface area contributed by atoms with Crippen LogP contribution in [0, 0.1) is 0 Å². The first-order valence-electron chi connectivity index (χ1n) is 8.53. The fraction of sp³-hybridized carbons (Fsp3) is 0.300. The second kappa shape index (κ2) is 9.87. The fourth-order valence-electron chi connectivity index (χ4n) is 2.27. The Bertz CT molecular complexity index is 747. The third kappa shape index (κ3) is 6.11. The first kappa shape index (κ1) is 19.8. The van der Waals surface area contributed by atoms with Crippen molar-refractivity contribution in [2.45, 2.75) is 36.8 Å². The Morgan fingerprint density at radius 3 is 2.46 bits per heavy atom. The minimum Gasteiger partial charge on any atom is -0.497 e. The molecule has 138 valence electrons. The zero-order valence-corrected chi connectivity index (χ0v) is 16.1. The summed E-state index contributed by atoms with van der Waals surface area (Å²) < 4.78 is 5.11. The standard InChI is InChI=1S/C20H24N2O3S/c1-4-6-19(23)21-16-7-5-8-18(13-16)26-14(2)20(24)22-15-9-11-17(25-3)12-10-15/h5,7-14H,4,6H2,1-3H3,(H,21,23)(H,22,24). The van der Waals surface area contributed by atoms with E-state index in [0.29, 0.717) is 6.42 Å². The number of amides is 2. The van der Waals surface area contributed by atoms with Crippen LogP contribution in [-0.4, -0.2) is 24.2 Å². The average Bonchev–Trinajstić information content (AvgIpc) is 2.62. The van der Waals surface area contributed by atoms with Gasteiger partial charge in [-0.25, -0.2) is 0 Å². The smallest absolute Gasteiger partial charge is 0.237 e. The Balaban J connectivity index is 1.94. The second-order valence-electron chi connectivity index (χ2n) is 5.80. The lowest BCUT2D eigenvalue weighted by Crippen LogP contribution is -2.22. The second-order valence-corrected chi connectivity index (χ2v) is 7.22. The number of nitrogens with one attached hydrogen (secondary N) is 2. The van der Waals surface area contributed by atoms with Crippen molar-refractivity contribution in [3.05, 3.63) is 48.5 Å². The van der Waals surface area contributed by atoms with Gasteiger partial charge in [0.05, 0.1) is 12.4 Å². The van der Waals surface area contributed by atoms with Gasteiger partial charge in [0, 0.05) is 22.7 Å². The summed E-state index contributed by atoms with van der Waals surface area (Å²) >= 11 is 1.45. The third-order valence-corrected chi connectivity index (χ3v) is 4.73. The number of methoxy groups -OCH3 is 1. The molecule has 1 unspecified atom stereocenters. The first-order valence-corrected chi connectivity index (χ1v) is 9.41. The summed E-state index contributed by atoms with van der Waals surface area (Å²) in [4.78, 5) is 25.0. The molecule has 2 rings (SSSR count). The molecule has 2 N–H and O–H groups in total. The van der Waals surface area contributed by atoms with E-state index in [2.05, 4.69) is 10.6 Å². The molecule has 0 aliphatic carbocycles. The predicted octanol–water partition coefficient (Wildman–Crippen LogP) is 4.55. The molecule has 2 amide bonds. The molecule has 0 radical (unpaired) electrons. The summed E-state index contributed by atoms with van der Waals surface area (Å²) in [5, 5.41) is 5.48. The summed E-state index contributed by atoms with van der Waals surface area (Å²) in [6.07, 6.45) is 1.31. The number of carbonyl (C=O) groups excluding carboxylic acids is 2. The number of ether oxygens (including phenoxy) is 1. The van der Waals surface area contributed by atoms with Crippen LogP contribution in [0.3, 0.4) is 0 Å². The zero-order valence-electron chi connectivity index (χ0n) is 15.2. The Kier molecular flexibility index (Phi) is 7.53. The van der Waals surface area contributed by atoms with Crippen LogP contribution in [0.15, 0.2) is 53.4 Å². The molecular formula is C20H24N2O3S. The maximum Gasteiger partial charge on any atom is 0.237 e. The molecule has 0 aromatic heterocycles. The summed E-state index contributed by atoms with van der Waals surface area (Å²) in [7, 11) is 1.60. The van der Waals surface area contributed by atoms with E-state index in [1.54, 1.807) is 31.4 Å². The van der Waals surface area contributed by atoms with Gasteiger partial charge in [-0.2, -0.15) is 0 Å². The topological polar surface area (TPSA) is 67.4 Å². The number of anilines is 2. The van der Waals surface area contributed by atoms with Crippen LogP contribution in [-0.2, 0) is 9.59 Å². The van der Waals surface area contributed by atoms with Gasteiger partial charge in [0.1, 0.15) is 5.75 Å². The van der Waals surface area contributed by atoms with E-state index in [1.165, 1.54) is 11.8 Å². The third-order valence-electron chi connectivity index (χ3n) is 3.63. The molecule has 2 aromatic rings. The number of hydrogen-bond acceptors (Lipinski definition) is 4. The minimum absolute atomic E-state index is 0.0000488. The number of hydrogen-bond donors (Lipinski definition) is 2. The van der Waals surface area contributed by atoms with Crippen LogP contribution in [0.4, 0.5) is 11.4 Å². The molecule has 0 spiro atoms. The van der Waals surface area contributed by atoms with E-state index in [9.17, 15) is 9.59 Å². The van der Waals surface area contributed by atoms with E-state index in [-0.39, 0.29) is 17.1 Å². The van der Waals surface area contributed by atoms with E-state index in [4.69, 9.17) is 4.74 Å². The molecule has 26 heavy (non-hydrogen) atoms. The van der Waals surface area contributed by atoms with Crippen LogP contribution in [0.5, 0.6) is 5.75 Å². The van der Waals surface area contributed by atoms with Gasteiger partial charge in [-0.3, -0.25) is 9.59 Å². The van der Waals surface area contributed by atoms with E-state index >= 15 is 0 Å². The van der Waals surface area contributed by atoms with Crippen LogP contribution in [0.25, 0.3) is 0 Å². The number of benzene rings is 2.